The van der Waals surface area contributed by atoms with Crippen molar-refractivity contribution in [2.75, 3.05) is 0 Å². The van der Waals surface area contributed by atoms with Crippen molar-refractivity contribution in [2.45, 2.75) is 5.41 Å². The van der Waals surface area contributed by atoms with E-state index in [1.54, 1.807) is 0 Å². The van der Waals surface area contributed by atoms with Crippen LogP contribution in [0.3, 0.4) is 0 Å². The van der Waals surface area contributed by atoms with Crippen LogP contribution in [0.5, 0.6) is 11.5 Å². The van der Waals surface area contributed by atoms with Gasteiger partial charge >= 0.3 is 0 Å². The molecule has 0 N–H and O–H groups in total. The number of nitrogens with zero attached hydrogens (tertiary/aromatic N) is 2. The maximum absolute atomic E-state index is 7.17. The summed E-state index contributed by atoms with van der Waals surface area (Å²) in [6, 6.07) is 78.5. The maximum Gasteiger partial charge on any atom is 0.160 e. The number of fused-ring (bicyclic) bond motifs is 14. The summed E-state index contributed by atoms with van der Waals surface area (Å²) in [5.41, 5.74) is 15.3. The fraction of sp³-hybridized carbons (Fsp3) is 0.0169. The van der Waals surface area contributed by atoms with Gasteiger partial charge in [0, 0.05) is 38.4 Å². The van der Waals surface area contributed by atoms with E-state index < -0.39 is 5.41 Å². The van der Waals surface area contributed by atoms with Crippen molar-refractivity contribution in [3.05, 3.63) is 241 Å². The van der Waals surface area contributed by atoms with Gasteiger partial charge in [0.1, 0.15) is 11.5 Å². The lowest BCUT2D eigenvalue weighted by molar-refractivity contribution is 0.447. The first-order chi connectivity index (χ1) is 30.7. The number of aromatic nitrogens is 2. The Hall–Kier alpha value is -8.14. The highest BCUT2D eigenvalue weighted by molar-refractivity contribution is 6.02. The minimum Gasteiger partial charge on any atom is -0.455 e. The standard InChI is InChI=1S/C59H36N2O/c1-2-13-37(14-3-1)38-25-31-43(32-26-38)58-60-53-24-11-9-20-48(53)55(61-58)42-29-27-41(28-30-42)44-21-12-23-50-54(44)47-19-8-10-22-49(47)59(50)51-35-33-39-15-4-6-17-45(39)56(51)62-57-46-18-7-5-16-40(46)34-36-52(57)59/h1-36H. The summed E-state index contributed by atoms with van der Waals surface area (Å²) in [4.78, 5) is 10.3. The van der Waals surface area contributed by atoms with Crippen LogP contribution in [0, 0.1) is 0 Å². The largest absolute Gasteiger partial charge is 0.455 e. The molecule has 62 heavy (non-hydrogen) atoms. The zero-order valence-electron chi connectivity index (χ0n) is 33.6. The van der Waals surface area contributed by atoms with Crippen molar-refractivity contribution < 1.29 is 4.74 Å². The molecule has 2 aliphatic rings. The molecule has 288 valence electrons. The summed E-state index contributed by atoms with van der Waals surface area (Å²) in [7, 11) is 0. The van der Waals surface area contributed by atoms with Crippen LogP contribution in [0.1, 0.15) is 22.3 Å². The number of hydrogen-bond donors (Lipinski definition) is 0. The second kappa shape index (κ2) is 13.4. The predicted molar refractivity (Wildman–Crippen MR) is 254 cm³/mol. The van der Waals surface area contributed by atoms with Gasteiger partial charge < -0.3 is 4.74 Å². The topological polar surface area (TPSA) is 35.0 Å². The molecule has 0 saturated heterocycles. The number of rotatable bonds is 4. The van der Waals surface area contributed by atoms with E-state index in [4.69, 9.17) is 14.7 Å². The van der Waals surface area contributed by atoms with Crippen molar-refractivity contribution in [3.63, 3.8) is 0 Å². The minimum atomic E-state index is -0.603. The number of benzene rings is 10. The van der Waals surface area contributed by atoms with Crippen LogP contribution >= 0.6 is 0 Å². The van der Waals surface area contributed by atoms with Crippen LogP contribution < -0.4 is 4.74 Å². The molecule has 11 aromatic rings. The van der Waals surface area contributed by atoms with Crippen LogP contribution in [-0.4, -0.2) is 9.97 Å². The molecule has 3 nitrogen and oxygen atoms in total. The Labute approximate surface area is 359 Å². The van der Waals surface area contributed by atoms with Gasteiger partial charge in [0.25, 0.3) is 0 Å². The van der Waals surface area contributed by atoms with Crippen LogP contribution in [0.15, 0.2) is 218 Å². The first kappa shape index (κ1) is 34.7. The van der Waals surface area contributed by atoms with Gasteiger partial charge in [-0.05, 0) is 61.3 Å². The zero-order chi connectivity index (χ0) is 40.8. The highest BCUT2D eigenvalue weighted by Gasteiger charge is 2.52. The summed E-state index contributed by atoms with van der Waals surface area (Å²) in [6.45, 7) is 0. The summed E-state index contributed by atoms with van der Waals surface area (Å²) in [6.07, 6.45) is 0. The van der Waals surface area contributed by atoms with E-state index in [-0.39, 0.29) is 0 Å². The fourth-order valence-electron chi connectivity index (χ4n) is 10.4. The molecule has 3 heteroatoms. The first-order valence-electron chi connectivity index (χ1n) is 21.2. The molecule has 1 aliphatic heterocycles. The average molecular weight is 789 g/mol. The van der Waals surface area contributed by atoms with Crippen molar-refractivity contribution in [1.82, 2.24) is 9.97 Å². The molecule has 2 heterocycles. The van der Waals surface area contributed by atoms with E-state index in [9.17, 15) is 0 Å². The molecule has 0 bridgehead atoms. The van der Waals surface area contributed by atoms with E-state index in [0.717, 1.165) is 66.3 Å². The molecule has 10 aromatic carbocycles. The van der Waals surface area contributed by atoms with Crippen LogP contribution in [0.25, 0.3) is 88.5 Å². The Bertz CT molecular complexity index is 3510. The number of para-hydroxylation sites is 1. The molecule has 0 atom stereocenters. The second-order valence-corrected chi connectivity index (χ2v) is 16.4. The number of ether oxygens (including phenoxy) is 1. The van der Waals surface area contributed by atoms with Crippen LogP contribution in [0.2, 0.25) is 0 Å². The predicted octanol–water partition coefficient (Wildman–Crippen LogP) is 15.1. The van der Waals surface area contributed by atoms with Crippen molar-refractivity contribution in [2.24, 2.45) is 0 Å². The van der Waals surface area contributed by atoms with Crippen molar-refractivity contribution in [1.29, 1.82) is 0 Å². The molecule has 1 spiro atoms. The highest BCUT2D eigenvalue weighted by Crippen LogP contribution is 2.65. The van der Waals surface area contributed by atoms with Gasteiger partial charge in [0.05, 0.1) is 16.6 Å². The highest BCUT2D eigenvalue weighted by atomic mass is 16.5. The summed E-state index contributed by atoms with van der Waals surface area (Å²) in [5, 5.41) is 5.58. The van der Waals surface area contributed by atoms with E-state index in [2.05, 4.69) is 206 Å². The second-order valence-electron chi connectivity index (χ2n) is 16.4. The van der Waals surface area contributed by atoms with Gasteiger partial charge in [0.2, 0.25) is 0 Å². The molecular formula is C59H36N2O. The molecule has 0 radical (unpaired) electrons. The quantitative estimate of drug-likeness (QED) is 0.178. The monoisotopic (exact) mass is 788 g/mol. The molecular weight excluding hydrogens is 753 g/mol. The fourth-order valence-corrected chi connectivity index (χ4v) is 10.4. The Balaban J connectivity index is 0.981. The molecule has 0 amide bonds. The Kier molecular flexibility index (Phi) is 7.52. The smallest absolute Gasteiger partial charge is 0.160 e. The van der Waals surface area contributed by atoms with Gasteiger partial charge in [-0.25, -0.2) is 9.97 Å². The van der Waals surface area contributed by atoms with Gasteiger partial charge in [-0.3, -0.25) is 0 Å². The molecule has 0 fully saturated rings. The van der Waals surface area contributed by atoms with Crippen LogP contribution in [-0.2, 0) is 5.41 Å². The Morgan fingerprint density at radius 3 is 1.58 bits per heavy atom. The van der Waals surface area contributed by atoms with Gasteiger partial charge in [-0.2, -0.15) is 0 Å². The number of hydrogen-bond acceptors (Lipinski definition) is 3. The molecule has 1 aromatic heterocycles. The minimum absolute atomic E-state index is 0.603. The third-order valence-electron chi connectivity index (χ3n) is 13.2. The van der Waals surface area contributed by atoms with E-state index >= 15 is 0 Å². The molecule has 0 unspecified atom stereocenters. The van der Waals surface area contributed by atoms with Crippen molar-refractivity contribution >= 4 is 32.4 Å². The lowest BCUT2D eigenvalue weighted by Gasteiger charge is -2.40. The molecule has 0 saturated carbocycles. The third kappa shape index (κ3) is 5.00. The lowest BCUT2D eigenvalue weighted by atomic mass is 9.65. The Morgan fingerprint density at radius 1 is 0.323 bits per heavy atom. The SMILES string of the molecule is c1ccc(-c2ccc(-c3nc(-c4ccc(-c5cccc6c5-c5ccccc5C65c6ccc7ccccc7c6Oc6c5ccc5ccccc65)cc4)c4ccccc4n3)cc2)cc1. The van der Waals surface area contributed by atoms with E-state index in [1.807, 2.05) is 12.1 Å². The summed E-state index contributed by atoms with van der Waals surface area (Å²) >= 11 is 0. The summed E-state index contributed by atoms with van der Waals surface area (Å²) < 4.78 is 7.17. The van der Waals surface area contributed by atoms with Gasteiger partial charge in [-0.15, -0.1) is 0 Å². The van der Waals surface area contributed by atoms with E-state index in [1.165, 1.54) is 50.1 Å². The third-order valence-corrected chi connectivity index (χ3v) is 13.2. The maximum atomic E-state index is 7.17. The molecule has 1 aliphatic carbocycles. The van der Waals surface area contributed by atoms with Gasteiger partial charge in [0.15, 0.2) is 5.82 Å². The van der Waals surface area contributed by atoms with Gasteiger partial charge in [-0.1, -0.05) is 212 Å². The summed E-state index contributed by atoms with van der Waals surface area (Å²) in [5.74, 6) is 2.56. The lowest BCUT2D eigenvalue weighted by Crippen LogP contribution is -2.32. The average Bonchev–Trinajstić information content (AvgIpc) is 3.64. The van der Waals surface area contributed by atoms with Crippen molar-refractivity contribution in [3.8, 4) is 67.5 Å². The normalized spacial score (nSPS) is 13.1. The Morgan fingerprint density at radius 2 is 0.855 bits per heavy atom. The van der Waals surface area contributed by atoms with Crippen LogP contribution in [0.4, 0.5) is 0 Å². The zero-order valence-corrected chi connectivity index (χ0v) is 33.6. The van der Waals surface area contributed by atoms with E-state index in [0.29, 0.717) is 5.82 Å². The molecule has 13 rings (SSSR count). The first-order valence-corrected chi connectivity index (χ1v) is 21.2.